The van der Waals surface area contributed by atoms with Crippen LogP contribution in [0.5, 0.6) is 5.75 Å². The summed E-state index contributed by atoms with van der Waals surface area (Å²) < 4.78 is 9.96. The summed E-state index contributed by atoms with van der Waals surface area (Å²) in [4.78, 5) is 47.9. The van der Waals surface area contributed by atoms with Crippen molar-refractivity contribution in [3.63, 3.8) is 0 Å². The van der Waals surface area contributed by atoms with Crippen molar-refractivity contribution in [2.24, 2.45) is 0 Å². The van der Waals surface area contributed by atoms with Gasteiger partial charge in [0.15, 0.2) is 6.61 Å². The minimum Gasteiger partial charge on any atom is -0.497 e. The molecule has 1 aliphatic heterocycles. The van der Waals surface area contributed by atoms with Crippen molar-refractivity contribution >= 4 is 29.4 Å². The first kappa shape index (κ1) is 19.2. The highest BCUT2D eigenvalue weighted by atomic mass is 16.5. The van der Waals surface area contributed by atoms with E-state index in [0.717, 1.165) is 4.90 Å². The van der Waals surface area contributed by atoms with Gasteiger partial charge in [-0.25, -0.2) is 4.79 Å². The smallest absolute Gasteiger partial charge is 0.329 e. The lowest BCUT2D eigenvalue weighted by atomic mass is 10.2. The van der Waals surface area contributed by atoms with E-state index >= 15 is 0 Å². The van der Waals surface area contributed by atoms with Gasteiger partial charge in [-0.3, -0.25) is 14.4 Å². The number of amides is 3. The molecule has 0 radical (unpaired) electrons. The van der Waals surface area contributed by atoms with Crippen molar-refractivity contribution in [2.45, 2.75) is 18.9 Å². The molecule has 0 saturated carbocycles. The van der Waals surface area contributed by atoms with Crippen LogP contribution < -0.4 is 15.4 Å². The van der Waals surface area contributed by atoms with E-state index in [-0.39, 0.29) is 18.9 Å². The van der Waals surface area contributed by atoms with Crippen LogP contribution in [0.3, 0.4) is 0 Å². The molecule has 1 heterocycles. The highest BCUT2D eigenvalue weighted by Gasteiger charge is 2.29. The van der Waals surface area contributed by atoms with E-state index in [9.17, 15) is 19.2 Å². The van der Waals surface area contributed by atoms with Gasteiger partial charge in [-0.05, 0) is 18.6 Å². The minimum atomic E-state index is -0.711. The Balaban J connectivity index is 1.76. The van der Waals surface area contributed by atoms with Gasteiger partial charge in [-0.15, -0.1) is 0 Å². The average Bonchev–Trinajstić information content (AvgIpc) is 3.05. The number of nitrogens with one attached hydrogen (secondary N) is 2. The summed E-state index contributed by atoms with van der Waals surface area (Å²) in [6, 6.07) is 6.10. The van der Waals surface area contributed by atoms with Crippen molar-refractivity contribution < 1.29 is 28.7 Å². The van der Waals surface area contributed by atoms with Crippen molar-refractivity contribution in [3.05, 3.63) is 24.3 Å². The second-order valence-electron chi connectivity index (χ2n) is 5.80. The first-order valence-corrected chi connectivity index (χ1v) is 8.03. The molecule has 9 heteroatoms. The quantitative estimate of drug-likeness (QED) is 0.655. The van der Waals surface area contributed by atoms with Crippen LogP contribution in [0.4, 0.5) is 5.69 Å². The summed E-state index contributed by atoms with van der Waals surface area (Å²) in [7, 11) is 2.95. The monoisotopic (exact) mass is 363 g/mol. The first-order valence-electron chi connectivity index (χ1n) is 8.03. The second kappa shape index (κ2) is 8.84. The number of esters is 1. The molecule has 0 unspecified atom stereocenters. The number of rotatable bonds is 7. The Morgan fingerprint density at radius 3 is 2.77 bits per heavy atom. The Morgan fingerprint density at radius 1 is 1.35 bits per heavy atom. The number of carbonyl (C=O) groups is 4. The summed E-state index contributed by atoms with van der Waals surface area (Å²) in [5.41, 5.74) is 0.540. The molecule has 1 aliphatic rings. The number of nitrogens with zero attached hydrogens (tertiary/aromatic N) is 1. The van der Waals surface area contributed by atoms with Gasteiger partial charge in [0.25, 0.3) is 5.91 Å². The van der Waals surface area contributed by atoms with Gasteiger partial charge in [0.2, 0.25) is 11.8 Å². The molecule has 1 fully saturated rings. The largest absolute Gasteiger partial charge is 0.497 e. The highest BCUT2D eigenvalue weighted by Crippen LogP contribution is 2.16. The Bertz CT molecular complexity index is 705. The molecule has 9 nitrogen and oxygen atoms in total. The van der Waals surface area contributed by atoms with E-state index in [1.807, 2.05) is 0 Å². The van der Waals surface area contributed by atoms with Crippen LogP contribution in [0.1, 0.15) is 12.8 Å². The SMILES string of the molecule is COc1cccc(NC(=O)CN(C)C(=O)COC(=O)[C@@H]2CCC(=O)N2)c1. The first-order chi connectivity index (χ1) is 12.4. The summed E-state index contributed by atoms with van der Waals surface area (Å²) in [5.74, 6) is -1.20. The van der Waals surface area contributed by atoms with Crippen LogP contribution in [0.25, 0.3) is 0 Å². The molecule has 1 atom stereocenters. The van der Waals surface area contributed by atoms with Crippen LogP contribution in [-0.2, 0) is 23.9 Å². The Kier molecular flexibility index (Phi) is 6.54. The third-order valence-corrected chi connectivity index (χ3v) is 3.78. The zero-order chi connectivity index (χ0) is 19.1. The van der Waals surface area contributed by atoms with Gasteiger partial charge < -0.3 is 25.0 Å². The number of carbonyl (C=O) groups excluding carboxylic acids is 4. The molecule has 1 saturated heterocycles. The van der Waals surface area contributed by atoms with Gasteiger partial charge >= 0.3 is 5.97 Å². The molecule has 140 valence electrons. The standard InChI is InChI=1S/C17H21N3O6/c1-20(9-15(22)18-11-4-3-5-12(8-11)25-2)16(23)10-26-17(24)13-6-7-14(21)19-13/h3-5,8,13H,6-7,9-10H2,1-2H3,(H,18,22)(H,19,21)/t13-/m0/s1. The lowest BCUT2D eigenvalue weighted by Crippen LogP contribution is -2.40. The van der Waals surface area contributed by atoms with Gasteiger partial charge in [0.1, 0.15) is 11.8 Å². The predicted octanol–water partition coefficient (Wildman–Crippen LogP) is -0.0861. The Labute approximate surface area is 150 Å². The summed E-state index contributed by atoms with van der Waals surface area (Å²) in [6.07, 6.45) is 0.614. The van der Waals surface area contributed by atoms with Crippen LogP contribution in [-0.4, -0.2) is 61.9 Å². The molecule has 0 aromatic heterocycles. The lowest BCUT2D eigenvalue weighted by molar-refractivity contribution is -0.153. The number of methoxy groups -OCH3 is 1. The predicted molar refractivity (Wildman–Crippen MR) is 91.4 cm³/mol. The molecular weight excluding hydrogens is 342 g/mol. The second-order valence-corrected chi connectivity index (χ2v) is 5.80. The van der Waals surface area contributed by atoms with Crippen LogP contribution >= 0.6 is 0 Å². The van der Waals surface area contributed by atoms with Crippen molar-refractivity contribution in [1.82, 2.24) is 10.2 Å². The van der Waals surface area contributed by atoms with E-state index in [0.29, 0.717) is 17.9 Å². The fourth-order valence-electron chi connectivity index (χ4n) is 2.34. The van der Waals surface area contributed by atoms with Crippen molar-refractivity contribution in [2.75, 3.05) is 32.6 Å². The van der Waals surface area contributed by atoms with E-state index in [2.05, 4.69) is 10.6 Å². The maximum absolute atomic E-state index is 12.0. The molecule has 1 aromatic carbocycles. The van der Waals surface area contributed by atoms with Crippen LogP contribution in [0.2, 0.25) is 0 Å². The van der Waals surface area contributed by atoms with Crippen LogP contribution in [0.15, 0.2) is 24.3 Å². The van der Waals surface area contributed by atoms with Gasteiger partial charge in [0, 0.05) is 25.2 Å². The van der Waals surface area contributed by atoms with Crippen LogP contribution in [0, 0.1) is 0 Å². The zero-order valence-electron chi connectivity index (χ0n) is 14.6. The minimum absolute atomic E-state index is 0.201. The number of ether oxygens (including phenoxy) is 2. The molecular formula is C17H21N3O6. The number of likely N-dealkylation sites (N-methyl/N-ethyl adjacent to an activating group) is 1. The van der Waals surface area contributed by atoms with E-state index in [4.69, 9.17) is 9.47 Å². The van der Waals surface area contributed by atoms with Gasteiger partial charge in [-0.2, -0.15) is 0 Å². The number of benzene rings is 1. The normalized spacial score (nSPS) is 15.8. The molecule has 0 spiro atoms. The maximum Gasteiger partial charge on any atom is 0.329 e. The molecule has 0 bridgehead atoms. The highest BCUT2D eigenvalue weighted by molar-refractivity contribution is 5.95. The Hall–Kier alpha value is -3.10. The van der Waals surface area contributed by atoms with Gasteiger partial charge in [-0.1, -0.05) is 6.07 Å². The number of anilines is 1. The summed E-state index contributed by atoms with van der Waals surface area (Å²) >= 11 is 0. The molecule has 26 heavy (non-hydrogen) atoms. The van der Waals surface area contributed by atoms with E-state index in [1.54, 1.807) is 24.3 Å². The molecule has 1 aromatic rings. The van der Waals surface area contributed by atoms with Crippen molar-refractivity contribution in [3.8, 4) is 5.75 Å². The van der Waals surface area contributed by atoms with E-state index in [1.165, 1.54) is 14.2 Å². The van der Waals surface area contributed by atoms with E-state index < -0.39 is 30.4 Å². The summed E-state index contributed by atoms with van der Waals surface area (Å²) in [5, 5.41) is 5.11. The zero-order valence-corrected chi connectivity index (χ0v) is 14.6. The molecule has 0 aliphatic carbocycles. The average molecular weight is 363 g/mol. The third-order valence-electron chi connectivity index (χ3n) is 3.78. The molecule has 2 N–H and O–H groups in total. The maximum atomic E-state index is 12.0. The fraction of sp³-hybridized carbons (Fsp3) is 0.412. The fourth-order valence-corrected chi connectivity index (χ4v) is 2.34. The lowest BCUT2D eigenvalue weighted by Gasteiger charge is -2.17. The van der Waals surface area contributed by atoms with Crippen molar-refractivity contribution in [1.29, 1.82) is 0 Å². The number of hydrogen-bond donors (Lipinski definition) is 2. The third kappa shape index (κ3) is 5.47. The summed E-state index contributed by atoms with van der Waals surface area (Å²) in [6.45, 7) is -0.693. The topological polar surface area (TPSA) is 114 Å². The Morgan fingerprint density at radius 2 is 2.12 bits per heavy atom. The molecule has 2 rings (SSSR count). The van der Waals surface area contributed by atoms with Gasteiger partial charge in [0.05, 0.1) is 13.7 Å². The molecule has 3 amide bonds. The number of hydrogen-bond acceptors (Lipinski definition) is 6.